The third kappa shape index (κ3) is 4.72. The zero-order chi connectivity index (χ0) is 21.1. The number of anilines is 1. The van der Waals surface area contributed by atoms with Crippen LogP contribution in [0.15, 0.2) is 59.1 Å². The molecule has 0 atom stereocenters. The first kappa shape index (κ1) is 20.6. The average molecular weight is 456 g/mol. The fourth-order valence-electron chi connectivity index (χ4n) is 2.76. The van der Waals surface area contributed by atoms with E-state index in [1.54, 1.807) is 0 Å². The number of carbonyl (C=O) groups excluding carboxylic acids is 1. The molecule has 9 heteroatoms. The number of benzene rings is 2. The summed E-state index contributed by atoms with van der Waals surface area (Å²) in [6.45, 7) is 2.04. The Hall–Kier alpha value is -2.68. The van der Waals surface area contributed by atoms with Crippen LogP contribution in [0.3, 0.4) is 0 Å². The lowest BCUT2D eigenvalue weighted by Crippen LogP contribution is -2.14. The smallest absolute Gasteiger partial charge is 0.236 e. The molecule has 0 radical (unpaired) electrons. The van der Waals surface area contributed by atoms with Crippen LogP contribution in [0.4, 0.5) is 5.13 Å². The van der Waals surface area contributed by atoms with E-state index in [1.807, 2.05) is 72.4 Å². The van der Waals surface area contributed by atoms with Gasteiger partial charge in [-0.05, 0) is 19.1 Å². The first-order chi connectivity index (χ1) is 14.5. The van der Waals surface area contributed by atoms with E-state index in [1.165, 1.54) is 28.7 Å². The van der Waals surface area contributed by atoms with Crippen molar-refractivity contribution in [2.75, 3.05) is 11.1 Å². The number of hydrogen-bond acceptors (Lipinski definition) is 6. The Morgan fingerprint density at radius 3 is 2.53 bits per heavy atom. The summed E-state index contributed by atoms with van der Waals surface area (Å²) in [7, 11) is 1.90. The third-order valence-corrected chi connectivity index (χ3v) is 6.40. The maximum Gasteiger partial charge on any atom is 0.236 e. The Labute approximate surface area is 187 Å². The topological polar surface area (TPSA) is 72.7 Å². The monoisotopic (exact) mass is 455 g/mol. The molecule has 4 rings (SSSR count). The summed E-state index contributed by atoms with van der Waals surface area (Å²) >= 11 is 8.65. The molecule has 2 aromatic heterocycles. The van der Waals surface area contributed by atoms with Gasteiger partial charge >= 0.3 is 0 Å². The number of rotatable bonds is 6. The van der Waals surface area contributed by atoms with Crippen molar-refractivity contribution in [1.29, 1.82) is 0 Å². The Bertz CT molecular complexity index is 1170. The molecule has 1 N–H and O–H groups in total. The average Bonchev–Trinajstić information content (AvgIpc) is 3.34. The number of halogens is 1. The highest BCUT2D eigenvalue weighted by molar-refractivity contribution is 7.99. The highest BCUT2D eigenvalue weighted by atomic mass is 35.5. The minimum atomic E-state index is -0.142. The van der Waals surface area contributed by atoms with Crippen molar-refractivity contribution < 1.29 is 4.79 Å². The molecule has 0 saturated carbocycles. The molecular formula is C21H18ClN5OS2. The van der Waals surface area contributed by atoms with E-state index in [-0.39, 0.29) is 11.7 Å². The Morgan fingerprint density at radius 1 is 1.10 bits per heavy atom. The molecule has 0 unspecified atom stereocenters. The molecule has 152 valence electrons. The van der Waals surface area contributed by atoms with Gasteiger partial charge in [-0.1, -0.05) is 65.3 Å². The predicted octanol–water partition coefficient (Wildman–Crippen LogP) is 5.30. The van der Waals surface area contributed by atoms with Gasteiger partial charge in [0.25, 0.3) is 0 Å². The molecule has 2 heterocycles. The van der Waals surface area contributed by atoms with E-state index < -0.39 is 0 Å². The van der Waals surface area contributed by atoms with Gasteiger partial charge in [0.05, 0.1) is 11.4 Å². The molecule has 0 aliphatic carbocycles. The van der Waals surface area contributed by atoms with Crippen LogP contribution < -0.4 is 5.32 Å². The maximum absolute atomic E-state index is 12.4. The molecule has 6 nitrogen and oxygen atoms in total. The number of aryl methyl sites for hydroxylation is 1. The number of aromatic nitrogens is 4. The van der Waals surface area contributed by atoms with Crippen molar-refractivity contribution >= 4 is 45.7 Å². The number of hydrogen-bond donors (Lipinski definition) is 1. The maximum atomic E-state index is 12.4. The second kappa shape index (κ2) is 8.99. The Balaban J connectivity index is 1.36. The van der Waals surface area contributed by atoms with Crippen LogP contribution in [0.25, 0.3) is 22.6 Å². The molecule has 2 aromatic carbocycles. The van der Waals surface area contributed by atoms with Crippen LogP contribution in [0.1, 0.15) is 5.56 Å². The van der Waals surface area contributed by atoms with E-state index in [0.717, 1.165) is 22.6 Å². The van der Waals surface area contributed by atoms with Crippen LogP contribution in [0.5, 0.6) is 0 Å². The predicted molar refractivity (Wildman–Crippen MR) is 123 cm³/mol. The summed E-state index contributed by atoms with van der Waals surface area (Å²) in [6.07, 6.45) is 0. The van der Waals surface area contributed by atoms with E-state index in [9.17, 15) is 4.79 Å². The van der Waals surface area contributed by atoms with E-state index in [2.05, 4.69) is 20.5 Å². The minimum Gasteiger partial charge on any atom is -0.305 e. The van der Waals surface area contributed by atoms with Gasteiger partial charge in [-0.2, -0.15) is 0 Å². The van der Waals surface area contributed by atoms with Crippen LogP contribution in [-0.4, -0.2) is 31.4 Å². The Kier molecular flexibility index (Phi) is 6.17. The molecule has 0 aliphatic rings. The molecule has 0 spiro atoms. The minimum absolute atomic E-state index is 0.142. The zero-order valence-corrected chi connectivity index (χ0v) is 18.7. The van der Waals surface area contributed by atoms with Gasteiger partial charge in [-0.3, -0.25) is 4.79 Å². The highest BCUT2D eigenvalue weighted by Crippen LogP contribution is 2.27. The quantitative estimate of drug-likeness (QED) is 0.399. The summed E-state index contributed by atoms with van der Waals surface area (Å²) in [4.78, 5) is 16.8. The summed E-state index contributed by atoms with van der Waals surface area (Å²) < 4.78 is 1.89. The van der Waals surface area contributed by atoms with Crippen molar-refractivity contribution in [1.82, 2.24) is 19.7 Å². The molecule has 1 amide bonds. The first-order valence-electron chi connectivity index (χ1n) is 9.10. The second-order valence-electron chi connectivity index (χ2n) is 6.61. The summed E-state index contributed by atoms with van der Waals surface area (Å²) in [5.41, 5.74) is 3.93. The fourth-order valence-corrected chi connectivity index (χ4v) is 4.34. The molecule has 4 aromatic rings. The zero-order valence-electron chi connectivity index (χ0n) is 16.3. The number of thiazole rings is 1. The van der Waals surface area contributed by atoms with Crippen LogP contribution in [0, 0.1) is 6.92 Å². The van der Waals surface area contributed by atoms with Crippen LogP contribution in [-0.2, 0) is 11.8 Å². The number of amides is 1. The molecular weight excluding hydrogens is 438 g/mol. The van der Waals surface area contributed by atoms with Gasteiger partial charge in [-0.15, -0.1) is 21.5 Å². The summed E-state index contributed by atoms with van der Waals surface area (Å²) in [5, 5.41) is 15.1. The van der Waals surface area contributed by atoms with Crippen molar-refractivity contribution in [3.05, 3.63) is 64.5 Å². The lowest BCUT2D eigenvalue weighted by molar-refractivity contribution is -0.113. The SMILES string of the molecule is Cc1ccc(-c2nnc(SCC(=O)Nc3nc(-c4ccc(Cl)cc4)cs3)n2C)cc1. The van der Waals surface area contributed by atoms with Gasteiger partial charge < -0.3 is 9.88 Å². The van der Waals surface area contributed by atoms with Gasteiger partial charge in [0, 0.05) is 28.6 Å². The van der Waals surface area contributed by atoms with Crippen molar-refractivity contribution in [3.63, 3.8) is 0 Å². The third-order valence-electron chi connectivity index (χ3n) is 4.37. The number of nitrogens with zero attached hydrogens (tertiary/aromatic N) is 4. The van der Waals surface area contributed by atoms with Gasteiger partial charge in [-0.25, -0.2) is 4.98 Å². The second-order valence-corrected chi connectivity index (χ2v) is 8.85. The highest BCUT2D eigenvalue weighted by Gasteiger charge is 2.14. The van der Waals surface area contributed by atoms with Crippen LogP contribution >= 0.6 is 34.7 Å². The summed E-state index contributed by atoms with van der Waals surface area (Å²) in [6, 6.07) is 15.5. The normalized spacial score (nSPS) is 10.9. The fraction of sp³-hybridized carbons (Fsp3) is 0.143. The number of carbonyl (C=O) groups is 1. The van der Waals surface area contributed by atoms with Gasteiger partial charge in [0.2, 0.25) is 5.91 Å². The van der Waals surface area contributed by atoms with Crippen LogP contribution in [0.2, 0.25) is 5.02 Å². The lowest BCUT2D eigenvalue weighted by atomic mass is 10.1. The van der Waals surface area contributed by atoms with Gasteiger partial charge in [0.15, 0.2) is 16.1 Å². The number of thioether (sulfide) groups is 1. The molecule has 0 bridgehead atoms. The lowest BCUT2D eigenvalue weighted by Gasteiger charge is -2.04. The molecule has 0 fully saturated rings. The Morgan fingerprint density at radius 2 is 1.80 bits per heavy atom. The van der Waals surface area contributed by atoms with E-state index >= 15 is 0 Å². The molecule has 0 saturated heterocycles. The molecule has 30 heavy (non-hydrogen) atoms. The van der Waals surface area contributed by atoms with Gasteiger partial charge in [0.1, 0.15) is 0 Å². The largest absolute Gasteiger partial charge is 0.305 e. The molecule has 0 aliphatic heterocycles. The summed E-state index contributed by atoms with van der Waals surface area (Å²) in [5.74, 6) is 0.845. The van der Waals surface area contributed by atoms with Crippen molar-refractivity contribution in [2.24, 2.45) is 7.05 Å². The van der Waals surface area contributed by atoms with Crippen molar-refractivity contribution in [3.8, 4) is 22.6 Å². The van der Waals surface area contributed by atoms with E-state index in [0.29, 0.717) is 15.3 Å². The first-order valence-corrected chi connectivity index (χ1v) is 11.3. The number of nitrogens with one attached hydrogen (secondary N) is 1. The van der Waals surface area contributed by atoms with Crippen molar-refractivity contribution in [2.45, 2.75) is 12.1 Å². The van der Waals surface area contributed by atoms with E-state index in [4.69, 9.17) is 11.6 Å². The standard InChI is InChI=1S/C21H18ClN5OS2/c1-13-3-5-15(6-4-13)19-25-26-21(27(19)2)30-12-18(28)24-20-23-17(11-29-20)14-7-9-16(22)10-8-14/h3-11H,12H2,1-2H3,(H,23,24,28).